The molecular weight excluding hydrogens is 580 g/mol. The molecule has 4 aromatic rings. The minimum absolute atomic E-state index is 0.0710. The number of carbonyl (C=O) groups is 1. The van der Waals surface area contributed by atoms with Crippen LogP contribution in [0.2, 0.25) is 0 Å². The van der Waals surface area contributed by atoms with Crippen molar-refractivity contribution >= 4 is 33.2 Å². The molecule has 0 spiro atoms. The SMILES string of the molecule is NC(=O)ON1CCc2c(c(-c3ccc(Br)cc3)nn2CC(O)CN2CCC(n3c(=O)[nH]c4cccnc43)CC2)C1. The molecule has 1 amide bonds. The number of nitrogens with two attached hydrogens (primary N) is 1. The number of pyridine rings is 1. The first-order valence-corrected chi connectivity index (χ1v) is 14.2. The Kier molecular flexibility index (Phi) is 7.45. The van der Waals surface area contributed by atoms with Crippen molar-refractivity contribution < 1.29 is 14.7 Å². The first kappa shape index (κ1) is 26.7. The van der Waals surface area contributed by atoms with Gasteiger partial charge in [0.1, 0.15) is 0 Å². The zero-order chi connectivity index (χ0) is 27.8. The summed E-state index contributed by atoms with van der Waals surface area (Å²) in [7, 11) is 0. The molecule has 2 aliphatic heterocycles. The van der Waals surface area contributed by atoms with Crippen LogP contribution >= 0.6 is 15.9 Å². The third-order valence-corrected chi connectivity index (χ3v) is 8.21. The number of hydrogen-bond donors (Lipinski definition) is 3. The van der Waals surface area contributed by atoms with Crippen LogP contribution in [-0.2, 0) is 24.3 Å². The third kappa shape index (κ3) is 5.42. The van der Waals surface area contributed by atoms with E-state index in [0.29, 0.717) is 38.2 Å². The average Bonchev–Trinajstić information content (AvgIpc) is 3.45. The normalized spacial score (nSPS) is 17.6. The Morgan fingerprint density at radius 2 is 1.95 bits per heavy atom. The maximum Gasteiger partial charge on any atom is 0.423 e. The number of carbonyl (C=O) groups excluding carboxylic acids is 1. The van der Waals surface area contributed by atoms with Gasteiger partial charge in [-0.15, -0.1) is 5.06 Å². The van der Waals surface area contributed by atoms with E-state index in [0.717, 1.165) is 58.4 Å². The number of H-pyrrole nitrogens is 1. The monoisotopic (exact) mass is 610 g/mol. The van der Waals surface area contributed by atoms with E-state index in [1.54, 1.807) is 15.8 Å². The van der Waals surface area contributed by atoms with E-state index in [2.05, 4.69) is 30.8 Å². The zero-order valence-corrected chi connectivity index (χ0v) is 23.5. The summed E-state index contributed by atoms with van der Waals surface area (Å²) < 4.78 is 4.63. The molecule has 6 rings (SSSR count). The maximum absolute atomic E-state index is 12.6. The number of hydrogen-bond acceptors (Lipinski definition) is 8. The molecule has 12 nitrogen and oxygen atoms in total. The number of likely N-dealkylation sites (tertiary alicyclic amines) is 1. The first-order valence-electron chi connectivity index (χ1n) is 13.4. The molecule has 5 heterocycles. The van der Waals surface area contributed by atoms with Gasteiger partial charge in [-0.05, 0) is 37.1 Å². The van der Waals surface area contributed by atoms with Crippen molar-refractivity contribution in [3.05, 3.63) is 68.8 Å². The summed E-state index contributed by atoms with van der Waals surface area (Å²) >= 11 is 3.48. The number of aromatic amines is 1. The van der Waals surface area contributed by atoms with Crippen LogP contribution in [0.25, 0.3) is 22.4 Å². The average molecular weight is 612 g/mol. The molecule has 0 radical (unpaired) electrons. The van der Waals surface area contributed by atoms with E-state index in [4.69, 9.17) is 15.7 Å². The quantitative estimate of drug-likeness (QED) is 0.289. The number of aliphatic hydroxyl groups excluding tert-OH is 1. The lowest BCUT2D eigenvalue weighted by Gasteiger charge is -2.33. The van der Waals surface area contributed by atoms with Crippen LogP contribution in [0.5, 0.6) is 0 Å². The van der Waals surface area contributed by atoms with E-state index in [9.17, 15) is 14.7 Å². The summed E-state index contributed by atoms with van der Waals surface area (Å²) in [5.74, 6) is 0. The fourth-order valence-electron chi connectivity index (χ4n) is 5.87. The molecule has 0 aliphatic carbocycles. The van der Waals surface area contributed by atoms with Gasteiger partial charge in [0.25, 0.3) is 0 Å². The Balaban J connectivity index is 1.14. The lowest BCUT2D eigenvalue weighted by Crippen LogP contribution is -2.42. The second-order valence-corrected chi connectivity index (χ2v) is 11.3. The number of aliphatic hydroxyl groups is 1. The molecule has 2 aliphatic rings. The summed E-state index contributed by atoms with van der Waals surface area (Å²) in [5, 5.41) is 17.6. The summed E-state index contributed by atoms with van der Waals surface area (Å²) in [6.07, 6.45) is 2.45. The number of β-amino-alcohol motifs (C(OH)–C–C–N with tert-alkyl or cyclic N) is 1. The molecule has 0 bridgehead atoms. The van der Waals surface area contributed by atoms with E-state index in [-0.39, 0.29) is 11.7 Å². The predicted octanol–water partition coefficient (Wildman–Crippen LogP) is 2.42. The minimum atomic E-state index is -0.842. The number of piperidine rings is 1. The molecule has 1 fully saturated rings. The Morgan fingerprint density at radius 3 is 2.70 bits per heavy atom. The van der Waals surface area contributed by atoms with Crippen LogP contribution in [0.4, 0.5) is 4.79 Å². The van der Waals surface area contributed by atoms with Crippen molar-refractivity contribution in [2.75, 3.05) is 26.2 Å². The van der Waals surface area contributed by atoms with Crippen molar-refractivity contribution in [1.82, 2.24) is 34.3 Å². The highest BCUT2D eigenvalue weighted by molar-refractivity contribution is 9.10. The van der Waals surface area contributed by atoms with E-state index >= 15 is 0 Å². The van der Waals surface area contributed by atoms with Crippen LogP contribution in [0.1, 0.15) is 30.1 Å². The van der Waals surface area contributed by atoms with Gasteiger partial charge in [-0.2, -0.15) is 5.10 Å². The number of rotatable bonds is 7. The molecule has 0 saturated carbocycles. The lowest BCUT2D eigenvalue weighted by molar-refractivity contribution is -0.107. The second-order valence-electron chi connectivity index (χ2n) is 10.3. The third-order valence-electron chi connectivity index (χ3n) is 7.69. The lowest BCUT2D eigenvalue weighted by atomic mass is 10.0. The molecule has 1 aromatic carbocycles. The summed E-state index contributed by atoms with van der Waals surface area (Å²) in [5.41, 5.74) is 10.3. The standard InChI is InChI=1S/C27H31BrN8O4/c28-18-5-3-17(4-6-18)24-21-16-34(40-26(29)38)13-9-23(21)35(32-24)15-20(37)14-33-11-7-19(8-12-33)36-25-22(31-27(36)39)2-1-10-30-25/h1-6,10,19-20,37H,7-9,11-16H2,(H2,29,38)(H,31,39). The van der Waals surface area contributed by atoms with Gasteiger partial charge >= 0.3 is 11.8 Å². The highest BCUT2D eigenvalue weighted by Crippen LogP contribution is 2.31. The van der Waals surface area contributed by atoms with Gasteiger partial charge in [0.2, 0.25) is 0 Å². The summed E-state index contributed by atoms with van der Waals surface area (Å²) in [6.45, 7) is 3.26. The van der Waals surface area contributed by atoms with Gasteiger partial charge in [0, 0.05) is 66.1 Å². The number of fused-ring (bicyclic) bond motifs is 2. The molecule has 1 atom stereocenters. The maximum atomic E-state index is 12.6. The largest absolute Gasteiger partial charge is 0.423 e. The van der Waals surface area contributed by atoms with Crippen LogP contribution < -0.4 is 11.4 Å². The molecule has 210 valence electrons. The van der Waals surface area contributed by atoms with E-state index in [1.165, 1.54) is 0 Å². The summed E-state index contributed by atoms with van der Waals surface area (Å²) in [6, 6.07) is 11.6. The topological polar surface area (TPSA) is 148 Å². The zero-order valence-electron chi connectivity index (χ0n) is 21.9. The first-order chi connectivity index (χ1) is 19.4. The Hall–Kier alpha value is -3.52. The number of aromatic nitrogens is 5. The van der Waals surface area contributed by atoms with Crippen LogP contribution in [0.15, 0.2) is 51.9 Å². The molecule has 1 unspecified atom stereocenters. The van der Waals surface area contributed by atoms with Gasteiger partial charge in [-0.1, -0.05) is 28.1 Å². The minimum Gasteiger partial charge on any atom is -0.390 e. The van der Waals surface area contributed by atoms with Crippen molar-refractivity contribution in [3.8, 4) is 11.3 Å². The van der Waals surface area contributed by atoms with Crippen molar-refractivity contribution in [3.63, 3.8) is 0 Å². The van der Waals surface area contributed by atoms with Crippen molar-refractivity contribution in [2.24, 2.45) is 5.73 Å². The molecule has 40 heavy (non-hydrogen) atoms. The highest BCUT2D eigenvalue weighted by Gasteiger charge is 2.29. The van der Waals surface area contributed by atoms with E-state index < -0.39 is 12.2 Å². The van der Waals surface area contributed by atoms with Crippen LogP contribution in [0, 0.1) is 0 Å². The van der Waals surface area contributed by atoms with E-state index in [1.807, 2.05) is 41.1 Å². The molecule has 13 heteroatoms. The van der Waals surface area contributed by atoms with Gasteiger partial charge in [0.15, 0.2) is 5.65 Å². The van der Waals surface area contributed by atoms with Gasteiger partial charge in [-0.3, -0.25) is 9.25 Å². The Labute approximate surface area is 238 Å². The number of halogens is 1. The number of nitrogens with one attached hydrogen (secondary N) is 1. The molecule has 3 aromatic heterocycles. The molecule has 4 N–H and O–H groups in total. The fraction of sp³-hybridized carbons (Fsp3) is 0.407. The highest BCUT2D eigenvalue weighted by atomic mass is 79.9. The number of amides is 1. The number of nitrogens with zero attached hydrogens (tertiary/aromatic N) is 6. The molecule has 1 saturated heterocycles. The fourth-order valence-corrected chi connectivity index (χ4v) is 6.14. The van der Waals surface area contributed by atoms with Crippen molar-refractivity contribution in [2.45, 2.75) is 44.5 Å². The number of imidazole rings is 1. The Morgan fingerprint density at radius 1 is 1.18 bits per heavy atom. The van der Waals surface area contributed by atoms with Crippen molar-refractivity contribution in [1.29, 1.82) is 0 Å². The smallest absolute Gasteiger partial charge is 0.390 e. The van der Waals surface area contributed by atoms with Gasteiger partial charge < -0.3 is 25.6 Å². The van der Waals surface area contributed by atoms with Crippen LogP contribution in [0.3, 0.4) is 0 Å². The number of benzene rings is 1. The van der Waals surface area contributed by atoms with Gasteiger partial charge in [-0.25, -0.2) is 14.6 Å². The Bertz CT molecular complexity index is 1570. The number of primary amides is 1. The van der Waals surface area contributed by atoms with Gasteiger partial charge in [0.05, 0.1) is 30.4 Å². The second kappa shape index (κ2) is 11.2. The predicted molar refractivity (Wildman–Crippen MR) is 151 cm³/mol. The van der Waals surface area contributed by atoms with Crippen LogP contribution in [-0.4, -0.2) is 77.8 Å². The summed E-state index contributed by atoms with van der Waals surface area (Å²) in [4.78, 5) is 38.6. The molecular formula is C27H31BrN8O4. The number of hydroxylamine groups is 2.